The van der Waals surface area contributed by atoms with Gasteiger partial charge >= 0.3 is 0 Å². The zero-order valence-corrected chi connectivity index (χ0v) is 21.3. The van der Waals surface area contributed by atoms with Crippen LogP contribution in [0.4, 0.5) is 11.5 Å². The molecule has 0 bridgehead atoms. The highest BCUT2D eigenvalue weighted by molar-refractivity contribution is 7.19. The SMILES string of the molecule is CN(C)[C@@H]1CCN(C(=O)[C@H]2CCc3c(sc4ncnc(Nc5cc6snnc6cc5Cl)c34)C2)C1. The number of aromatic nitrogens is 4. The van der Waals surface area contributed by atoms with E-state index >= 15 is 0 Å². The Kier molecular flexibility index (Phi) is 5.63. The Bertz CT molecular complexity index is 1400. The molecule has 4 aromatic rings. The molecule has 2 aliphatic rings. The fourth-order valence-corrected chi connectivity index (χ4v) is 7.12. The van der Waals surface area contributed by atoms with Crippen LogP contribution in [0.1, 0.15) is 23.3 Å². The van der Waals surface area contributed by atoms with Gasteiger partial charge in [0, 0.05) is 29.9 Å². The smallest absolute Gasteiger partial charge is 0.226 e. The molecule has 11 heteroatoms. The lowest BCUT2D eigenvalue weighted by Crippen LogP contribution is -2.39. The Balaban J connectivity index is 1.27. The number of aryl methyl sites for hydroxylation is 1. The molecule has 3 aromatic heterocycles. The molecule has 8 nitrogen and oxygen atoms in total. The number of likely N-dealkylation sites (N-methyl/N-ethyl adjacent to an activating group) is 1. The Hall–Kier alpha value is -2.40. The summed E-state index contributed by atoms with van der Waals surface area (Å²) in [5, 5.41) is 9.13. The minimum absolute atomic E-state index is 0.0431. The van der Waals surface area contributed by atoms with Crippen LogP contribution < -0.4 is 5.32 Å². The van der Waals surface area contributed by atoms with Gasteiger partial charge in [0.15, 0.2) is 0 Å². The summed E-state index contributed by atoms with van der Waals surface area (Å²) >= 11 is 9.53. The van der Waals surface area contributed by atoms with Crippen molar-refractivity contribution < 1.29 is 4.79 Å². The molecule has 1 amide bonds. The average Bonchev–Trinajstić information content (AvgIpc) is 3.56. The number of nitrogens with zero attached hydrogens (tertiary/aromatic N) is 6. The highest BCUT2D eigenvalue weighted by Crippen LogP contribution is 2.42. The van der Waals surface area contributed by atoms with Gasteiger partial charge < -0.3 is 15.1 Å². The molecule has 34 heavy (non-hydrogen) atoms. The standard InChI is InChI=1S/C23H24ClN7OS2/c1-30(2)13-5-6-31(10-13)23(32)12-3-4-14-18(7-12)33-22-20(14)21(25-11-26-22)27-16-9-19-17(8-15(16)24)28-29-34-19/h8-9,11-13H,3-7,10H2,1-2H3,(H,25,26,27)/t12-,13+/m0/s1. The van der Waals surface area contributed by atoms with Gasteiger partial charge in [-0.15, -0.1) is 16.4 Å². The third-order valence-corrected chi connectivity index (χ3v) is 9.15. The van der Waals surface area contributed by atoms with E-state index in [1.165, 1.54) is 22.0 Å². The number of amides is 1. The normalized spacial score (nSPS) is 20.4. The first-order valence-corrected chi connectivity index (χ1v) is 13.3. The lowest BCUT2D eigenvalue weighted by Gasteiger charge is -2.27. The summed E-state index contributed by atoms with van der Waals surface area (Å²) < 4.78 is 4.96. The van der Waals surface area contributed by atoms with Gasteiger partial charge in [-0.3, -0.25) is 4.79 Å². The van der Waals surface area contributed by atoms with E-state index in [1.54, 1.807) is 17.7 Å². The topological polar surface area (TPSA) is 87.1 Å². The Morgan fingerprint density at radius 3 is 2.97 bits per heavy atom. The summed E-state index contributed by atoms with van der Waals surface area (Å²) in [5.41, 5.74) is 2.82. The van der Waals surface area contributed by atoms with Crippen LogP contribution in [0, 0.1) is 5.92 Å². The largest absolute Gasteiger partial charge is 0.341 e. The Morgan fingerprint density at radius 2 is 2.15 bits per heavy atom. The lowest BCUT2D eigenvalue weighted by atomic mass is 9.87. The average molecular weight is 514 g/mol. The summed E-state index contributed by atoms with van der Waals surface area (Å²) in [4.78, 5) is 28.8. The van der Waals surface area contributed by atoms with Gasteiger partial charge in [0.05, 0.1) is 20.8 Å². The van der Waals surface area contributed by atoms with E-state index in [1.807, 2.05) is 12.1 Å². The van der Waals surface area contributed by atoms with E-state index in [9.17, 15) is 4.79 Å². The maximum absolute atomic E-state index is 13.3. The maximum atomic E-state index is 13.3. The molecule has 2 atom stereocenters. The summed E-state index contributed by atoms with van der Waals surface area (Å²) in [6, 6.07) is 4.24. The number of halogens is 1. The highest BCUT2D eigenvalue weighted by Gasteiger charge is 2.35. The van der Waals surface area contributed by atoms with Crippen molar-refractivity contribution in [2.24, 2.45) is 5.92 Å². The molecular formula is C23H24ClN7OS2. The molecule has 4 heterocycles. The predicted molar refractivity (Wildman–Crippen MR) is 137 cm³/mol. The van der Waals surface area contributed by atoms with Crippen LogP contribution in [0.15, 0.2) is 18.5 Å². The van der Waals surface area contributed by atoms with Crippen LogP contribution in [0.25, 0.3) is 20.4 Å². The fourth-order valence-electron chi connectivity index (χ4n) is 5.06. The van der Waals surface area contributed by atoms with Crippen LogP contribution in [0.5, 0.6) is 0 Å². The summed E-state index contributed by atoms with van der Waals surface area (Å²) in [5.74, 6) is 1.09. The number of nitrogens with one attached hydrogen (secondary N) is 1. The van der Waals surface area contributed by atoms with Crippen molar-refractivity contribution >= 4 is 72.3 Å². The van der Waals surface area contributed by atoms with Crippen LogP contribution in [-0.2, 0) is 17.6 Å². The van der Waals surface area contributed by atoms with Crippen LogP contribution >= 0.6 is 34.5 Å². The van der Waals surface area contributed by atoms with E-state index in [-0.39, 0.29) is 5.92 Å². The minimum atomic E-state index is 0.0431. The number of thiophene rings is 1. The van der Waals surface area contributed by atoms with Gasteiger partial charge in [0.2, 0.25) is 5.91 Å². The zero-order chi connectivity index (χ0) is 23.4. The van der Waals surface area contributed by atoms with Crippen molar-refractivity contribution in [1.29, 1.82) is 0 Å². The zero-order valence-electron chi connectivity index (χ0n) is 18.9. The molecule has 6 rings (SSSR count). The van der Waals surface area contributed by atoms with Crippen molar-refractivity contribution in [3.63, 3.8) is 0 Å². The highest BCUT2D eigenvalue weighted by atomic mass is 35.5. The van der Waals surface area contributed by atoms with Gasteiger partial charge in [-0.1, -0.05) is 16.1 Å². The fraction of sp³-hybridized carbons (Fsp3) is 0.435. The molecule has 0 unspecified atom stereocenters. The van der Waals surface area contributed by atoms with Crippen molar-refractivity contribution in [3.05, 3.63) is 33.9 Å². The summed E-state index contributed by atoms with van der Waals surface area (Å²) in [7, 11) is 4.18. The predicted octanol–water partition coefficient (Wildman–Crippen LogP) is 4.36. The summed E-state index contributed by atoms with van der Waals surface area (Å²) in [6.45, 7) is 1.69. The minimum Gasteiger partial charge on any atom is -0.341 e. The molecule has 176 valence electrons. The molecule has 1 N–H and O–H groups in total. The van der Waals surface area contributed by atoms with Crippen LogP contribution in [0.3, 0.4) is 0 Å². The van der Waals surface area contributed by atoms with Crippen LogP contribution in [0.2, 0.25) is 5.02 Å². The number of fused-ring (bicyclic) bond motifs is 4. The van der Waals surface area contributed by atoms with Gasteiger partial charge in [-0.25, -0.2) is 9.97 Å². The number of hydrogen-bond donors (Lipinski definition) is 1. The molecule has 1 saturated heterocycles. The molecule has 1 aliphatic carbocycles. The number of carbonyl (C=O) groups excluding carboxylic acids is 1. The second-order valence-electron chi connectivity index (χ2n) is 9.23. The first kappa shape index (κ1) is 22.1. The molecule has 1 aliphatic heterocycles. The number of hydrogen-bond acceptors (Lipinski definition) is 9. The van der Waals surface area contributed by atoms with Gasteiger partial charge in [-0.2, -0.15) is 0 Å². The molecule has 1 fully saturated rings. The van der Waals surface area contributed by atoms with E-state index in [0.717, 1.165) is 70.7 Å². The number of benzene rings is 1. The third-order valence-electron chi connectivity index (χ3n) is 6.99. The van der Waals surface area contributed by atoms with E-state index < -0.39 is 0 Å². The second kappa shape index (κ2) is 8.67. The van der Waals surface area contributed by atoms with Gasteiger partial charge in [-0.05, 0) is 69.0 Å². The number of likely N-dealkylation sites (tertiary alicyclic amines) is 1. The van der Waals surface area contributed by atoms with Crippen molar-refractivity contribution in [2.75, 3.05) is 32.5 Å². The number of anilines is 2. The summed E-state index contributed by atoms with van der Waals surface area (Å²) in [6.07, 6.45) is 5.12. The van der Waals surface area contributed by atoms with Gasteiger partial charge in [0.1, 0.15) is 22.5 Å². The maximum Gasteiger partial charge on any atom is 0.226 e. The molecular weight excluding hydrogens is 490 g/mol. The van der Waals surface area contributed by atoms with Crippen molar-refractivity contribution in [3.8, 4) is 0 Å². The van der Waals surface area contributed by atoms with E-state index in [2.05, 4.69) is 48.8 Å². The first-order chi connectivity index (χ1) is 16.5. The van der Waals surface area contributed by atoms with E-state index in [4.69, 9.17) is 11.6 Å². The quantitative estimate of drug-likeness (QED) is 0.433. The molecule has 0 saturated carbocycles. The lowest BCUT2D eigenvalue weighted by molar-refractivity contribution is -0.134. The second-order valence-corrected chi connectivity index (χ2v) is 11.5. The van der Waals surface area contributed by atoms with Crippen LogP contribution in [-0.4, -0.2) is 68.5 Å². The number of carbonyl (C=O) groups is 1. The first-order valence-electron chi connectivity index (χ1n) is 11.4. The molecule has 0 spiro atoms. The molecule has 0 radical (unpaired) electrons. The van der Waals surface area contributed by atoms with Gasteiger partial charge in [0.25, 0.3) is 0 Å². The Morgan fingerprint density at radius 1 is 1.26 bits per heavy atom. The van der Waals surface area contributed by atoms with E-state index in [0.29, 0.717) is 17.0 Å². The molecule has 1 aromatic carbocycles. The van der Waals surface area contributed by atoms with Crippen molar-refractivity contribution in [1.82, 2.24) is 29.4 Å². The third kappa shape index (κ3) is 3.82. The Labute approximate surface area is 210 Å². The number of rotatable bonds is 4. The van der Waals surface area contributed by atoms with Crippen molar-refractivity contribution in [2.45, 2.75) is 31.7 Å². The monoisotopic (exact) mass is 513 g/mol.